The van der Waals surface area contributed by atoms with E-state index in [1.807, 2.05) is 0 Å². The summed E-state index contributed by atoms with van der Waals surface area (Å²) in [5.74, 6) is -6.79. The van der Waals surface area contributed by atoms with Crippen LogP contribution in [0.15, 0.2) is 35.2 Å². The third-order valence-electron chi connectivity index (χ3n) is 5.11. The summed E-state index contributed by atoms with van der Waals surface area (Å²) in [6, 6.07) is 3.25. The largest absolute Gasteiger partial charge is 0.393 e. The molecule has 0 aliphatic carbocycles. The summed E-state index contributed by atoms with van der Waals surface area (Å²) in [7, 11) is -4.34. The molecular weight excluding hydrogens is 440 g/mol. The molecule has 2 atom stereocenters. The Morgan fingerprint density at radius 1 is 1.03 bits per heavy atom. The van der Waals surface area contributed by atoms with Gasteiger partial charge in [-0.05, 0) is 44.4 Å². The van der Waals surface area contributed by atoms with E-state index in [2.05, 4.69) is 5.32 Å². The molecule has 0 bridgehead atoms. The maximum Gasteiger partial charge on any atom is 0.255 e. The fourth-order valence-electron chi connectivity index (χ4n) is 3.38. The molecular formula is C20H20F4N2O4S. The molecule has 0 aromatic heterocycles. The van der Waals surface area contributed by atoms with Crippen LogP contribution in [0.1, 0.15) is 36.5 Å². The standard InChI is InChI=1S/C20H20F4N2O4S/c1-11-2-4-14(27)6-7-26(11)31(29,30)18-8-12(3-5-15(18)21)20(28)25-13-9-16(22)19(24)17(23)10-13/h3,5,8-11,14,27H,2,4,6-7H2,1H3,(H,25,28). The van der Waals surface area contributed by atoms with Crippen molar-refractivity contribution < 1.29 is 35.9 Å². The van der Waals surface area contributed by atoms with E-state index in [0.29, 0.717) is 25.0 Å². The summed E-state index contributed by atoms with van der Waals surface area (Å²) in [4.78, 5) is 11.7. The number of hydrogen-bond acceptors (Lipinski definition) is 4. The number of rotatable bonds is 4. The first-order chi connectivity index (χ1) is 14.5. The molecule has 6 nitrogen and oxygen atoms in total. The average Bonchev–Trinajstić information content (AvgIpc) is 2.87. The van der Waals surface area contributed by atoms with Crippen molar-refractivity contribution in [1.29, 1.82) is 0 Å². The van der Waals surface area contributed by atoms with E-state index in [4.69, 9.17) is 0 Å². The molecule has 168 valence electrons. The molecule has 0 spiro atoms. The molecule has 1 aliphatic heterocycles. The molecule has 1 fully saturated rings. The number of nitrogens with one attached hydrogen (secondary N) is 1. The van der Waals surface area contributed by atoms with E-state index in [9.17, 15) is 35.9 Å². The van der Waals surface area contributed by atoms with Gasteiger partial charge in [-0.1, -0.05) is 0 Å². The van der Waals surface area contributed by atoms with Crippen LogP contribution in [0.5, 0.6) is 0 Å². The van der Waals surface area contributed by atoms with Crippen molar-refractivity contribution in [2.24, 2.45) is 0 Å². The molecule has 2 unspecified atom stereocenters. The summed E-state index contributed by atoms with van der Waals surface area (Å²) >= 11 is 0. The number of amides is 1. The maximum absolute atomic E-state index is 14.4. The molecule has 2 N–H and O–H groups in total. The highest BCUT2D eigenvalue weighted by atomic mass is 32.2. The van der Waals surface area contributed by atoms with Gasteiger partial charge >= 0.3 is 0 Å². The highest BCUT2D eigenvalue weighted by Gasteiger charge is 2.34. The first-order valence-electron chi connectivity index (χ1n) is 9.46. The molecule has 1 saturated heterocycles. The third kappa shape index (κ3) is 4.89. The van der Waals surface area contributed by atoms with Crippen LogP contribution in [-0.2, 0) is 10.0 Å². The SMILES string of the molecule is CC1CCC(O)CCN1S(=O)(=O)c1cc(C(=O)Nc2cc(F)c(F)c(F)c2)ccc1F. The topological polar surface area (TPSA) is 86.7 Å². The molecule has 31 heavy (non-hydrogen) atoms. The lowest BCUT2D eigenvalue weighted by molar-refractivity contribution is 0.102. The number of anilines is 1. The fourth-order valence-corrected chi connectivity index (χ4v) is 5.14. The molecule has 11 heteroatoms. The Hall–Kier alpha value is -2.50. The first kappa shape index (κ1) is 23.2. The van der Waals surface area contributed by atoms with Crippen LogP contribution >= 0.6 is 0 Å². The molecule has 1 amide bonds. The number of carbonyl (C=O) groups excluding carboxylic acids is 1. The zero-order chi connectivity index (χ0) is 22.9. The van der Waals surface area contributed by atoms with Crippen LogP contribution in [0, 0.1) is 23.3 Å². The Bertz CT molecular complexity index is 1090. The van der Waals surface area contributed by atoms with Crippen LogP contribution in [0.2, 0.25) is 0 Å². The minimum atomic E-state index is -4.34. The van der Waals surface area contributed by atoms with Crippen molar-refractivity contribution in [2.75, 3.05) is 11.9 Å². The number of aliphatic hydroxyl groups is 1. The zero-order valence-corrected chi connectivity index (χ0v) is 17.2. The smallest absolute Gasteiger partial charge is 0.255 e. The van der Waals surface area contributed by atoms with Gasteiger partial charge in [0.05, 0.1) is 6.10 Å². The summed E-state index contributed by atoms with van der Waals surface area (Å²) in [6.07, 6.45) is 0.306. The van der Waals surface area contributed by atoms with Gasteiger partial charge in [0.15, 0.2) is 17.5 Å². The van der Waals surface area contributed by atoms with E-state index in [1.165, 1.54) is 0 Å². The first-order valence-corrected chi connectivity index (χ1v) is 10.9. The second-order valence-corrected chi connectivity index (χ2v) is 9.20. The van der Waals surface area contributed by atoms with Gasteiger partial charge in [0.1, 0.15) is 10.7 Å². The molecule has 2 aromatic carbocycles. The third-order valence-corrected chi connectivity index (χ3v) is 7.14. The fraction of sp³-hybridized carbons (Fsp3) is 0.350. The molecule has 1 aliphatic rings. The number of sulfonamides is 1. The quantitative estimate of drug-likeness (QED) is 0.541. The maximum atomic E-state index is 14.4. The monoisotopic (exact) mass is 460 g/mol. The molecule has 0 saturated carbocycles. The number of hydrogen-bond donors (Lipinski definition) is 2. The van der Waals surface area contributed by atoms with Gasteiger partial charge in [-0.2, -0.15) is 4.31 Å². The van der Waals surface area contributed by atoms with Crippen LogP contribution in [0.3, 0.4) is 0 Å². The highest BCUT2D eigenvalue weighted by molar-refractivity contribution is 7.89. The van der Waals surface area contributed by atoms with E-state index in [1.54, 1.807) is 6.92 Å². The average molecular weight is 460 g/mol. The van der Waals surface area contributed by atoms with Gasteiger partial charge < -0.3 is 10.4 Å². The van der Waals surface area contributed by atoms with E-state index in [-0.39, 0.29) is 18.5 Å². The lowest BCUT2D eigenvalue weighted by atomic mass is 10.1. The van der Waals surface area contributed by atoms with Crippen molar-refractivity contribution in [2.45, 2.75) is 43.2 Å². The predicted molar refractivity (Wildman–Crippen MR) is 104 cm³/mol. The molecule has 3 rings (SSSR count). The second kappa shape index (κ2) is 8.93. The van der Waals surface area contributed by atoms with Gasteiger partial charge in [-0.3, -0.25) is 4.79 Å². The van der Waals surface area contributed by atoms with Crippen LogP contribution in [0.25, 0.3) is 0 Å². The summed E-state index contributed by atoms with van der Waals surface area (Å²) in [5, 5.41) is 11.9. The summed E-state index contributed by atoms with van der Waals surface area (Å²) in [5.41, 5.74) is -0.683. The van der Waals surface area contributed by atoms with E-state index in [0.717, 1.165) is 22.5 Å². The van der Waals surface area contributed by atoms with Crippen LogP contribution in [0.4, 0.5) is 23.2 Å². The minimum absolute atomic E-state index is 0.0192. The van der Waals surface area contributed by atoms with E-state index >= 15 is 0 Å². The molecule has 0 radical (unpaired) electrons. The number of nitrogens with zero attached hydrogens (tertiary/aromatic N) is 1. The number of benzene rings is 2. The number of carbonyl (C=O) groups is 1. The highest BCUT2D eigenvalue weighted by Crippen LogP contribution is 2.27. The van der Waals surface area contributed by atoms with Crippen LogP contribution in [-0.4, -0.2) is 42.4 Å². The Morgan fingerprint density at radius 3 is 2.32 bits per heavy atom. The summed E-state index contributed by atoms with van der Waals surface area (Å²) in [6.45, 7) is 1.62. The van der Waals surface area contributed by atoms with Gasteiger partial charge in [0.25, 0.3) is 5.91 Å². The number of aliphatic hydroxyl groups excluding tert-OH is 1. The Kier molecular flexibility index (Phi) is 6.68. The van der Waals surface area contributed by atoms with E-state index < -0.39 is 61.9 Å². The Balaban J connectivity index is 1.91. The predicted octanol–water partition coefficient (Wildman–Crippen LogP) is 3.42. The molecule has 2 aromatic rings. The van der Waals surface area contributed by atoms with Crippen molar-refractivity contribution in [3.05, 3.63) is 59.2 Å². The second-order valence-electron chi connectivity index (χ2n) is 7.34. The minimum Gasteiger partial charge on any atom is -0.393 e. The lowest BCUT2D eigenvalue weighted by Crippen LogP contribution is -2.38. The van der Waals surface area contributed by atoms with Crippen molar-refractivity contribution in [1.82, 2.24) is 4.31 Å². The van der Waals surface area contributed by atoms with Crippen molar-refractivity contribution in [3.8, 4) is 0 Å². The Morgan fingerprint density at radius 2 is 1.68 bits per heavy atom. The normalized spacial score (nSPS) is 20.3. The number of halogens is 4. The van der Waals surface area contributed by atoms with Gasteiger partial charge in [0, 0.05) is 36.0 Å². The van der Waals surface area contributed by atoms with Crippen LogP contribution < -0.4 is 5.32 Å². The van der Waals surface area contributed by atoms with Crippen molar-refractivity contribution in [3.63, 3.8) is 0 Å². The lowest BCUT2D eigenvalue weighted by Gasteiger charge is -2.26. The molecule has 1 heterocycles. The van der Waals surface area contributed by atoms with Gasteiger partial charge in [-0.15, -0.1) is 0 Å². The van der Waals surface area contributed by atoms with Gasteiger partial charge in [0.2, 0.25) is 10.0 Å². The zero-order valence-electron chi connectivity index (χ0n) is 16.4. The van der Waals surface area contributed by atoms with Gasteiger partial charge in [-0.25, -0.2) is 26.0 Å². The summed E-state index contributed by atoms with van der Waals surface area (Å²) < 4.78 is 81.4. The Labute approximate surface area is 176 Å². The van der Waals surface area contributed by atoms with Crippen molar-refractivity contribution >= 4 is 21.6 Å².